The summed E-state index contributed by atoms with van der Waals surface area (Å²) in [7, 11) is 0. The standard InChI is InChI=1S/C20H14F3N5O2/c21-20(22,23)14-7-4-8-15(9-14)25-18(29)11-27-19(30)17-10-16(26-28(17)12-24-27)13-5-2-1-3-6-13/h1-10,12H,11H2,(H,25,29). The zero-order chi connectivity index (χ0) is 21.3. The van der Waals surface area contributed by atoms with Crippen LogP contribution in [0.5, 0.6) is 0 Å². The number of rotatable bonds is 4. The number of carbonyl (C=O) groups excluding carboxylic acids is 1. The lowest BCUT2D eigenvalue weighted by Gasteiger charge is -2.10. The molecular weight excluding hydrogens is 399 g/mol. The van der Waals surface area contributed by atoms with E-state index in [0.29, 0.717) is 5.69 Å². The minimum absolute atomic E-state index is 0.0281. The number of nitrogens with one attached hydrogen (secondary N) is 1. The molecule has 0 aliphatic rings. The van der Waals surface area contributed by atoms with Gasteiger partial charge in [0.05, 0.1) is 11.3 Å². The van der Waals surface area contributed by atoms with Gasteiger partial charge in [0.25, 0.3) is 5.56 Å². The molecule has 0 aliphatic heterocycles. The number of benzene rings is 2. The van der Waals surface area contributed by atoms with Crippen molar-refractivity contribution in [2.75, 3.05) is 5.32 Å². The molecule has 1 amide bonds. The van der Waals surface area contributed by atoms with Crippen LogP contribution in [0, 0.1) is 0 Å². The third-order valence-corrected chi connectivity index (χ3v) is 4.33. The monoisotopic (exact) mass is 413 g/mol. The van der Waals surface area contributed by atoms with Crippen LogP contribution in [0.3, 0.4) is 0 Å². The summed E-state index contributed by atoms with van der Waals surface area (Å²) >= 11 is 0. The van der Waals surface area contributed by atoms with Crippen LogP contribution in [-0.2, 0) is 17.5 Å². The van der Waals surface area contributed by atoms with Gasteiger partial charge in [0, 0.05) is 11.3 Å². The molecule has 30 heavy (non-hydrogen) atoms. The molecule has 2 aromatic heterocycles. The van der Waals surface area contributed by atoms with Crippen molar-refractivity contribution in [2.24, 2.45) is 0 Å². The van der Waals surface area contributed by atoms with E-state index in [2.05, 4.69) is 15.5 Å². The summed E-state index contributed by atoms with van der Waals surface area (Å²) in [6.07, 6.45) is -3.23. The van der Waals surface area contributed by atoms with E-state index in [-0.39, 0.29) is 11.2 Å². The average molecular weight is 413 g/mol. The number of hydrogen-bond acceptors (Lipinski definition) is 4. The molecular formula is C20H14F3N5O2. The molecule has 7 nitrogen and oxygen atoms in total. The number of nitrogens with zero attached hydrogens (tertiary/aromatic N) is 4. The summed E-state index contributed by atoms with van der Waals surface area (Å²) in [6, 6.07) is 15.0. The van der Waals surface area contributed by atoms with Crippen molar-refractivity contribution in [1.29, 1.82) is 0 Å². The van der Waals surface area contributed by atoms with Crippen LogP contribution in [0.2, 0.25) is 0 Å². The second kappa shape index (κ2) is 7.47. The number of aromatic nitrogens is 4. The Morgan fingerprint density at radius 2 is 1.80 bits per heavy atom. The largest absolute Gasteiger partial charge is 0.416 e. The minimum Gasteiger partial charge on any atom is -0.324 e. The van der Waals surface area contributed by atoms with E-state index in [0.717, 1.165) is 22.4 Å². The SMILES string of the molecule is O=C(Cn1ncn2nc(-c3ccccc3)cc2c1=O)Nc1cccc(C(F)(F)F)c1. The van der Waals surface area contributed by atoms with Crippen LogP contribution < -0.4 is 10.9 Å². The summed E-state index contributed by atoms with van der Waals surface area (Å²) in [4.78, 5) is 24.9. The maximum Gasteiger partial charge on any atom is 0.416 e. The van der Waals surface area contributed by atoms with Crippen LogP contribution in [-0.4, -0.2) is 25.3 Å². The van der Waals surface area contributed by atoms with E-state index < -0.39 is 29.8 Å². The molecule has 0 saturated heterocycles. The number of anilines is 1. The zero-order valence-electron chi connectivity index (χ0n) is 15.3. The Kier molecular flexibility index (Phi) is 4.82. The van der Waals surface area contributed by atoms with Gasteiger partial charge in [-0.15, -0.1) is 0 Å². The van der Waals surface area contributed by atoms with Crippen molar-refractivity contribution >= 4 is 17.1 Å². The highest BCUT2D eigenvalue weighted by Crippen LogP contribution is 2.30. The van der Waals surface area contributed by atoms with E-state index in [1.165, 1.54) is 23.0 Å². The Labute approximate surface area is 167 Å². The quantitative estimate of drug-likeness (QED) is 0.557. The van der Waals surface area contributed by atoms with E-state index in [9.17, 15) is 22.8 Å². The summed E-state index contributed by atoms with van der Waals surface area (Å²) in [5, 5.41) is 10.6. The van der Waals surface area contributed by atoms with Gasteiger partial charge in [-0.2, -0.15) is 23.4 Å². The normalized spacial score (nSPS) is 11.6. The van der Waals surface area contributed by atoms with Crippen molar-refractivity contribution in [2.45, 2.75) is 12.7 Å². The number of alkyl halides is 3. The lowest BCUT2D eigenvalue weighted by Crippen LogP contribution is -2.30. The fourth-order valence-electron chi connectivity index (χ4n) is 2.91. The molecule has 1 N–H and O–H groups in total. The molecule has 0 bridgehead atoms. The lowest BCUT2D eigenvalue weighted by atomic mass is 10.1. The lowest BCUT2D eigenvalue weighted by molar-refractivity contribution is -0.137. The van der Waals surface area contributed by atoms with Gasteiger partial charge in [-0.25, -0.2) is 9.20 Å². The summed E-state index contributed by atoms with van der Waals surface area (Å²) in [5.74, 6) is -0.684. The van der Waals surface area contributed by atoms with E-state index in [4.69, 9.17) is 0 Å². The highest BCUT2D eigenvalue weighted by atomic mass is 19.4. The second-order valence-corrected chi connectivity index (χ2v) is 6.45. The molecule has 0 aliphatic carbocycles. The number of fused-ring (bicyclic) bond motifs is 1. The van der Waals surface area contributed by atoms with Crippen molar-refractivity contribution in [3.8, 4) is 11.3 Å². The number of amides is 1. The molecule has 2 aromatic carbocycles. The van der Waals surface area contributed by atoms with Crippen LogP contribution in [0.1, 0.15) is 5.56 Å². The smallest absolute Gasteiger partial charge is 0.324 e. The molecule has 2 heterocycles. The zero-order valence-corrected chi connectivity index (χ0v) is 15.3. The van der Waals surface area contributed by atoms with Crippen molar-refractivity contribution < 1.29 is 18.0 Å². The van der Waals surface area contributed by atoms with Crippen LogP contribution in [0.25, 0.3) is 16.8 Å². The van der Waals surface area contributed by atoms with Gasteiger partial charge in [0.2, 0.25) is 5.91 Å². The van der Waals surface area contributed by atoms with Gasteiger partial charge in [-0.3, -0.25) is 9.59 Å². The molecule has 4 rings (SSSR count). The third-order valence-electron chi connectivity index (χ3n) is 4.33. The maximum atomic E-state index is 12.8. The average Bonchev–Trinajstić information content (AvgIpc) is 3.16. The van der Waals surface area contributed by atoms with Gasteiger partial charge in [0.1, 0.15) is 18.4 Å². The Morgan fingerprint density at radius 3 is 2.53 bits per heavy atom. The Morgan fingerprint density at radius 1 is 1.03 bits per heavy atom. The van der Waals surface area contributed by atoms with E-state index in [1.807, 2.05) is 30.3 Å². The van der Waals surface area contributed by atoms with Gasteiger partial charge in [-0.1, -0.05) is 36.4 Å². The number of halogens is 3. The molecule has 152 valence electrons. The fraction of sp³-hybridized carbons (Fsp3) is 0.100. The maximum absolute atomic E-state index is 12.8. The Hall–Kier alpha value is -3.95. The van der Waals surface area contributed by atoms with Gasteiger partial charge in [0.15, 0.2) is 0 Å². The second-order valence-electron chi connectivity index (χ2n) is 6.45. The molecule has 4 aromatic rings. The summed E-state index contributed by atoms with van der Waals surface area (Å²) < 4.78 is 40.6. The molecule has 0 spiro atoms. The van der Waals surface area contributed by atoms with Crippen LogP contribution in [0.4, 0.5) is 18.9 Å². The Balaban J connectivity index is 1.56. The predicted octanol–water partition coefficient (Wildman–Crippen LogP) is 3.22. The van der Waals surface area contributed by atoms with Crippen molar-refractivity contribution in [3.05, 3.63) is 82.9 Å². The van der Waals surface area contributed by atoms with Gasteiger partial charge >= 0.3 is 6.18 Å². The fourth-order valence-corrected chi connectivity index (χ4v) is 2.91. The van der Waals surface area contributed by atoms with Crippen LogP contribution >= 0.6 is 0 Å². The summed E-state index contributed by atoms with van der Waals surface area (Å²) in [5.41, 5.74) is 0.140. The van der Waals surface area contributed by atoms with E-state index >= 15 is 0 Å². The first-order chi connectivity index (χ1) is 14.3. The Bertz CT molecular complexity index is 1280. The number of carbonyl (C=O) groups is 1. The van der Waals surface area contributed by atoms with E-state index in [1.54, 1.807) is 6.07 Å². The van der Waals surface area contributed by atoms with Gasteiger partial charge in [-0.05, 0) is 24.3 Å². The molecule has 0 radical (unpaired) electrons. The highest BCUT2D eigenvalue weighted by molar-refractivity contribution is 5.90. The molecule has 0 unspecified atom stereocenters. The predicted molar refractivity (Wildman–Crippen MR) is 103 cm³/mol. The number of hydrogen-bond donors (Lipinski definition) is 1. The topological polar surface area (TPSA) is 81.3 Å². The summed E-state index contributed by atoms with van der Waals surface area (Å²) in [6.45, 7) is -0.461. The first-order valence-corrected chi connectivity index (χ1v) is 8.79. The van der Waals surface area contributed by atoms with Crippen molar-refractivity contribution in [1.82, 2.24) is 19.4 Å². The molecule has 0 atom stereocenters. The molecule has 10 heteroatoms. The third kappa shape index (κ3) is 3.93. The molecule has 0 fully saturated rings. The van der Waals surface area contributed by atoms with Gasteiger partial charge < -0.3 is 5.32 Å². The first-order valence-electron chi connectivity index (χ1n) is 8.79. The highest BCUT2D eigenvalue weighted by Gasteiger charge is 2.30. The molecule has 0 saturated carbocycles. The minimum atomic E-state index is -4.53. The van der Waals surface area contributed by atoms with Crippen LogP contribution in [0.15, 0.2) is 71.8 Å². The van der Waals surface area contributed by atoms with Crippen molar-refractivity contribution in [3.63, 3.8) is 0 Å². The first kappa shape index (κ1) is 19.4.